The second-order valence-electron chi connectivity index (χ2n) is 5.97. The third-order valence-electron chi connectivity index (χ3n) is 3.76. The Kier molecular flexibility index (Phi) is 8.58. The Balaban J connectivity index is 1.70. The highest BCUT2D eigenvalue weighted by molar-refractivity contribution is 8.00. The number of rotatable bonds is 10. The second-order valence-corrected chi connectivity index (χ2v) is 7.02. The van der Waals surface area contributed by atoms with Crippen molar-refractivity contribution in [1.29, 1.82) is 0 Å². The predicted molar refractivity (Wildman–Crippen MR) is 106 cm³/mol. The van der Waals surface area contributed by atoms with Crippen molar-refractivity contribution in [3.8, 4) is 0 Å². The summed E-state index contributed by atoms with van der Waals surface area (Å²) in [6.07, 6.45) is 1.66. The average molecular weight is 385 g/mol. The molecule has 2 rings (SSSR count). The van der Waals surface area contributed by atoms with Crippen LogP contribution in [-0.2, 0) is 20.7 Å². The van der Waals surface area contributed by atoms with Gasteiger partial charge in [0.05, 0.1) is 5.75 Å². The maximum atomic E-state index is 12.1. The van der Waals surface area contributed by atoms with Gasteiger partial charge in [-0.05, 0) is 30.5 Å². The zero-order valence-corrected chi connectivity index (χ0v) is 16.1. The van der Waals surface area contributed by atoms with Gasteiger partial charge in [0, 0.05) is 23.9 Å². The van der Waals surface area contributed by atoms with Crippen molar-refractivity contribution in [2.45, 2.75) is 24.7 Å². The maximum Gasteiger partial charge on any atom is 0.316 e. The number of aryl methyl sites for hydroxylation is 1. The number of thioether (sulfide) groups is 1. The monoisotopic (exact) mass is 385 g/mol. The molecular formula is C21H23NO4S. The van der Waals surface area contributed by atoms with Gasteiger partial charge in [0.1, 0.15) is 0 Å². The largest absolute Gasteiger partial charge is 0.457 e. The predicted octanol–water partition coefficient (Wildman–Crippen LogP) is 3.27. The number of carbonyl (C=O) groups excluding carboxylic acids is 3. The quantitative estimate of drug-likeness (QED) is 0.294. The van der Waals surface area contributed by atoms with Crippen LogP contribution in [0.15, 0.2) is 59.5 Å². The minimum absolute atomic E-state index is 0.0346. The number of nitrogens with one attached hydrogen (secondary N) is 1. The van der Waals surface area contributed by atoms with Crippen LogP contribution in [0.3, 0.4) is 0 Å². The van der Waals surface area contributed by atoms with Crippen LogP contribution < -0.4 is 5.32 Å². The Morgan fingerprint density at radius 2 is 1.70 bits per heavy atom. The van der Waals surface area contributed by atoms with Crippen LogP contribution >= 0.6 is 11.8 Å². The average Bonchev–Trinajstić information content (AvgIpc) is 2.69. The van der Waals surface area contributed by atoms with Crippen molar-refractivity contribution < 1.29 is 19.1 Å². The van der Waals surface area contributed by atoms with Crippen LogP contribution in [-0.4, -0.2) is 36.6 Å². The number of amides is 1. The molecule has 0 spiro atoms. The highest BCUT2D eigenvalue weighted by atomic mass is 32.2. The molecular weight excluding hydrogens is 362 g/mol. The maximum absolute atomic E-state index is 12.1. The molecule has 0 aliphatic rings. The molecule has 0 bridgehead atoms. The van der Waals surface area contributed by atoms with Crippen molar-refractivity contribution in [2.24, 2.45) is 0 Å². The van der Waals surface area contributed by atoms with Crippen molar-refractivity contribution in [1.82, 2.24) is 5.32 Å². The van der Waals surface area contributed by atoms with Crippen molar-refractivity contribution in [3.63, 3.8) is 0 Å². The molecule has 142 valence electrons. The molecule has 0 atom stereocenters. The summed E-state index contributed by atoms with van der Waals surface area (Å²) in [7, 11) is 0. The minimum Gasteiger partial charge on any atom is -0.457 e. The second kappa shape index (κ2) is 11.2. The number of ether oxygens (including phenoxy) is 1. The number of hydrogen-bond acceptors (Lipinski definition) is 5. The van der Waals surface area contributed by atoms with E-state index in [1.165, 1.54) is 18.7 Å². The van der Waals surface area contributed by atoms with E-state index < -0.39 is 5.97 Å². The molecule has 0 heterocycles. The van der Waals surface area contributed by atoms with Gasteiger partial charge in [-0.1, -0.05) is 42.5 Å². The first-order valence-corrected chi connectivity index (χ1v) is 9.73. The number of carbonyl (C=O) groups is 3. The Bertz CT molecular complexity index is 760. The lowest BCUT2D eigenvalue weighted by molar-refractivity contribution is -0.139. The lowest BCUT2D eigenvalue weighted by atomic mass is 10.1. The number of esters is 1. The van der Waals surface area contributed by atoms with E-state index in [-0.39, 0.29) is 24.1 Å². The molecule has 0 aliphatic carbocycles. The van der Waals surface area contributed by atoms with Gasteiger partial charge in [-0.3, -0.25) is 14.4 Å². The lowest BCUT2D eigenvalue weighted by Gasteiger charge is -2.06. The highest BCUT2D eigenvalue weighted by Gasteiger charge is 2.10. The van der Waals surface area contributed by atoms with Crippen molar-refractivity contribution >= 4 is 29.4 Å². The van der Waals surface area contributed by atoms with Gasteiger partial charge in [-0.25, -0.2) is 0 Å². The van der Waals surface area contributed by atoms with Gasteiger partial charge < -0.3 is 10.1 Å². The van der Waals surface area contributed by atoms with E-state index in [4.69, 9.17) is 4.74 Å². The van der Waals surface area contributed by atoms with E-state index in [1.54, 1.807) is 12.1 Å². The zero-order chi connectivity index (χ0) is 19.5. The Hall–Kier alpha value is -2.60. The Labute approximate surface area is 163 Å². The summed E-state index contributed by atoms with van der Waals surface area (Å²) in [5.74, 6) is -0.498. The SMILES string of the molecule is CC(=O)NCCCc1ccc(C(=O)COC(=O)CSc2ccccc2)cc1. The molecule has 1 N–H and O–H groups in total. The van der Waals surface area contributed by atoms with Gasteiger partial charge in [-0.15, -0.1) is 11.8 Å². The van der Waals surface area contributed by atoms with E-state index in [9.17, 15) is 14.4 Å². The van der Waals surface area contributed by atoms with Crippen molar-refractivity contribution in [2.75, 3.05) is 18.9 Å². The Morgan fingerprint density at radius 1 is 1.00 bits per heavy atom. The van der Waals surface area contributed by atoms with Gasteiger partial charge in [-0.2, -0.15) is 0 Å². The third kappa shape index (κ3) is 8.09. The fourth-order valence-corrected chi connectivity index (χ4v) is 3.06. The van der Waals surface area contributed by atoms with Crippen LogP contribution in [0.25, 0.3) is 0 Å². The first kappa shape index (κ1) is 20.7. The van der Waals surface area contributed by atoms with E-state index in [0.29, 0.717) is 12.1 Å². The molecule has 0 aliphatic heterocycles. The standard InChI is InChI=1S/C21H23NO4S/c1-16(23)22-13-5-6-17-9-11-18(12-10-17)20(24)14-26-21(25)15-27-19-7-3-2-4-8-19/h2-4,7-12H,5-6,13-15H2,1H3,(H,22,23). The van der Waals surface area contributed by atoms with E-state index in [1.807, 2.05) is 42.5 Å². The van der Waals surface area contributed by atoms with Gasteiger partial charge in [0.25, 0.3) is 0 Å². The molecule has 0 aromatic heterocycles. The van der Waals surface area contributed by atoms with E-state index >= 15 is 0 Å². The minimum atomic E-state index is -0.410. The molecule has 27 heavy (non-hydrogen) atoms. The smallest absolute Gasteiger partial charge is 0.316 e. The summed E-state index contributed by atoms with van der Waals surface area (Å²) in [6.45, 7) is 1.87. The van der Waals surface area contributed by atoms with Gasteiger partial charge in [0.15, 0.2) is 12.4 Å². The molecule has 0 saturated heterocycles. The highest BCUT2D eigenvalue weighted by Crippen LogP contribution is 2.17. The zero-order valence-electron chi connectivity index (χ0n) is 15.3. The van der Waals surface area contributed by atoms with E-state index in [0.717, 1.165) is 23.3 Å². The lowest BCUT2D eigenvalue weighted by Crippen LogP contribution is -2.21. The fourth-order valence-electron chi connectivity index (χ4n) is 2.34. The topological polar surface area (TPSA) is 72.5 Å². The molecule has 0 unspecified atom stereocenters. The Morgan fingerprint density at radius 3 is 2.37 bits per heavy atom. The van der Waals surface area contributed by atoms with Crippen LogP contribution in [0.2, 0.25) is 0 Å². The number of benzene rings is 2. The summed E-state index contributed by atoms with van der Waals surface area (Å²) in [5, 5.41) is 2.75. The van der Waals surface area contributed by atoms with Crippen LogP contribution in [0, 0.1) is 0 Å². The molecule has 2 aromatic rings. The molecule has 6 heteroatoms. The molecule has 2 aromatic carbocycles. The summed E-state index contributed by atoms with van der Waals surface area (Å²) in [6, 6.07) is 16.8. The summed E-state index contributed by atoms with van der Waals surface area (Å²) >= 11 is 1.38. The molecule has 0 saturated carbocycles. The van der Waals surface area contributed by atoms with Crippen molar-refractivity contribution in [3.05, 3.63) is 65.7 Å². The van der Waals surface area contributed by atoms with E-state index in [2.05, 4.69) is 5.32 Å². The molecule has 0 radical (unpaired) electrons. The summed E-state index contributed by atoms with van der Waals surface area (Å²) in [4.78, 5) is 35.7. The molecule has 5 nitrogen and oxygen atoms in total. The first-order chi connectivity index (χ1) is 13.0. The molecule has 0 fully saturated rings. The summed E-state index contributed by atoms with van der Waals surface area (Å²) < 4.78 is 5.06. The van der Waals surface area contributed by atoms with Crippen LogP contribution in [0.4, 0.5) is 0 Å². The van der Waals surface area contributed by atoms with Gasteiger partial charge >= 0.3 is 5.97 Å². The normalized spacial score (nSPS) is 10.3. The summed E-state index contributed by atoms with van der Waals surface area (Å²) in [5.41, 5.74) is 1.61. The molecule has 1 amide bonds. The van der Waals surface area contributed by atoms with Gasteiger partial charge in [0.2, 0.25) is 5.91 Å². The third-order valence-corrected chi connectivity index (χ3v) is 4.74. The van der Waals surface area contributed by atoms with Crippen LogP contribution in [0.1, 0.15) is 29.3 Å². The number of ketones is 1. The number of Topliss-reactive ketones (excluding diaryl/α,β-unsaturated/α-hetero) is 1. The first-order valence-electron chi connectivity index (χ1n) is 8.74. The van der Waals surface area contributed by atoms with Crippen LogP contribution in [0.5, 0.6) is 0 Å². The number of hydrogen-bond donors (Lipinski definition) is 1. The fraction of sp³-hybridized carbons (Fsp3) is 0.286.